The molecule has 1 heterocycles. The van der Waals surface area contributed by atoms with E-state index >= 15 is 0 Å². The first-order valence-corrected chi connectivity index (χ1v) is 9.43. The minimum absolute atomic E-state index is 0.186. The van der Waals surface area contributed by atoms with E-state index in [4.69, 9.17) is 5.14 Å². The average Bonchev–Trinajstić information content (AvgIpc) is 3.00. The third kappa shape index (κ3) is 4.13. The lowest BCUT2D eigenvalue weighted by molar-refractivity contribution is -0.385. The van der Waals surface area contributed by atoms with Gasteiger partial charge in [0.2, 0.25) is 10.0 Å². The Labute approximate surface area is 155 Å². The Balaban J connectivity index is 1.93. The summed E-state index contributed by atoms with van der Waals surface area (Å²) in [7, 11) is -2.35. The van der Waals surface area contributed by atoms with Crippen molar-refractivity contribution in [1.29, 1.82) is 0 Å². The molecule has 140 valence electrons. The highest BCUT2D eigenvalue weighted by molar-refractivity contribution is 7.89. The summed E-state index contributed by atoms with van der Waals surface area (Å²) in [5.74, 6) is 0. The molecule has 0 radical (unpaired) electrons. The van der Waals surface area contributed by atoms with Gasteiger partial charge >= 0.3 is 0 Å². The number of hydrogen-bond acceptors (Lipinski definition) is 6. The molecule has 0 aliphatic carbocycles. The molecule has 0 atom stereocenters. The number of hydrogen-bond donors (Lipinski definition) is 2. The Morgan fingerprint density at radius 3 is 2.56 bits per heavy atom. The number of non-ortho nitro benzene ring substituents is 1. The normalized spacial score (nSPS) is 11.3. The van der Waals surface area contributed by atoms with Gasteiger partial charge in [-0.15, -0.1) is 0 Å². The van der Waals surface area contributed by atoms with Crippen LogP contribution in [0.4, 0.5) is 11.4 Å². The summed E-state index contributed by atoms with van der Waals surface area (Å²) in [6, 6.07) is 13.0. The first-order valence-electron chi connectivity index (χ1n) is 7.89. The van der Waals surface area contributed by atoms with Gasteiger partial charge in [-0.2, -0.15) is 5.10 Å². The Hall–Kier alpha value is -3.24. The lowest BCUT2D eigenvalue weighted by Crippen LogP contribution is -2.15. The molecule has 3 N–H and O–H groups in total. The fourth-order valence-electron chi connectivity index (χ4n) is 2.70. The summed E-state index contributed by atoms with van der Waals surface area (Å²) in [4.78, 5) is 9.91. The largest absolute Gasteiger partial charge is 0.380 e. The van der Waals surface area contributed by atoms with Crippen LogP contribution in [0.2, 0.25) is 0 Å². The molecule has 0 aliphatic rings. The van der Waals surface area contributed by atoms with Crippen LogP contribution >= 0.6 is 0 Å². The van der Waals surface area contributed by atoms with E-state index in [1.807, 2.05) is 36.5 Å². The molecule has 27 heavy (non-hydrogen) atoms. The quantitative estimate of drug-likeness (QED) is 0.492. The Kier molecular flexibility index (Phi) is 4.93. The van der Waals surface area contributed by atoms with Gasteiger partial charge in [0.1, 0.15) is 4.90 Å². The van der Waals surface area contributed by atoms with Crippen LogP contribution in [0.3, 0.4) is 0 Å². The Morgan fingerprint density at radius 2 is 1.93 bits per heavy atom. The summed E-state index contributed by atoms with van der Waals surface area (Å²) in [5.41, 5.74) is 2.35. The summed E-state index contributed by atoms with van der Waals surface area (Å²) >= 11 is 0. The molecule has 2 aromatic carbocycles. The summed E-state index contributed by atoms with van der Waals surface area (Å²) < 4.78 is 25.3. The molecule has 3 aromatic rings. The monoisotopic (exact) mass is 387 g/mol. The van der Waals surface area contributed by atoms with E-state index in [0.717, 1.165) is 22.9 Å². The van der Waals surface area contributed by atoms with Crippen LogP contribution in [0.5, 0.6) is 0 Å². The van der Waals surface area contributed by atoms with Gasteiger partial charge in [-0.3, -0.25) is 14.8 Å². The van der Waals surface area contributed by atoms with Crippen molar-refractivity contribution < 1.29 is 13.3 Å². The van der Waals surface area contributed by atoms with Gasteiger partial charge in [0.25, 0.3) is 5.69 Å². The molecule has 0 spiro atoms. The minimum Gasteiger partial charge on any atom is -0.380 e. The number of nitrogens with one attached hydrogen (secondary N) is 1. The van der Waals surface area contributed by atoms with Crippen LogP contribution in [-0.4, -0.2) is 23.1 Å². The number of benzene rings is 2. The number of rotatable bonds is 6. The smallest absolute Gasteiger partial charge is 0.270 e. The first kappa shape index (κ1) is 18.5. The SMILES string of the molecule is Cn1cc(CNc2ccc([N+](=O)[O-])cc2S(N)(=O)=O)c(-c2ccccc2)n1. The van der Waals surface area contributed by atoms with Crippen molar-refractivity contribution in [1.82, 2.24) is 9.78 Å². The number of nitro benzene ring substituents is 1. The topological polar surface area (TPSA) is 133 Å². The van der Waals surface area contributed by atoms with E-state index in [1.165, 1.54) is 12.1 Å². The number of sulfonamides is 1. The average molecular weight is 387 g/mol. The number of aryl methyl sites for hydroxylation is 1. The maximum Gasteiger partial charge on any atom is 0.270 e. The van der Waals surface area contributed by atoms with Gasteiger partial charge in [-0.25, -0.2) is 13.6 Å². The molecule has 0 fully saturated rings. The zero-order chi connectivity index (χ0) is 19.6. The van der Waals surface area contributed by atoms with Crippen LogP contribution < -0.4 is 10.5 Å². The van der Waals surface area contributed by atoms with Gasteiger partial charge in [0.15, 0.2) is 0 Å². The molecule has 1 aromatic heterocycles. The second-order valence-electron chi connectivity index (χ2n) is 5.88. The summed E-state index contributed by atoms with van der Waals surface area (Å²) in [5, 5.41) is 23.6. The molecular weight excluding hydrogens is 370 g/mol. The van der Waals surface area contributed by atoms with Crippen LogP contribution in [-0.2, 0) is 23.6 Å². The van der Waals surface area contributed by atoms with Crippen LogP contribution in [0.1, 0.15) is 5.56 Å². The number of anilines is 1. The molecule has 0 amide bonds. The van der Waals surface area contributed by atoms with Gasteiger partial charge in [-0.05, 0) is 6.07 Å². The van der Waals surface area contributed by atoms with Crippen molar-refractivity contribution in [2.45, 2.75) is 11.4 Å². The summed E-state index contributed by atoms with van der Waals surface area (Å²) in [6.45, 7) is 0.262. The van der Waals surface area contributed by atoms with Crippen LogP contribution in [0.25, 0.3) is 11.3 Å². The second kappa shape index (κ2) is 7.17. The third-order valence-corrected chi connectivity index (χ3v) is 4.85. The molecule has 10 heteroatoms. The molecular formula is C17H17N5O4S. The van der Waals surface area contributed by atoms with Gasteiger partial charge in [-0.1, -0.05) is 30.3 Å². The molecule has 0 unspecified atom stereocenters. The number of aromatic nitrogens is 2. The lowest BCUT2D eigenvalue weighted by atomic mass is 10.1. The number of primary sulfonamides is 1. The summed E-state index contributed by atoms with van der Waals surface area (Å²) in [6.07, 6.45) is 1.82. The van der Waals surface area contributed by atoms with E-state index in [0.29, 0.717) is 0 Å². The highest BCUT2D eigenvalue weighted by atomic mass is 32.2. The highest BCUT2D eigenvalue weighted by Gasteiger charge is 2.19. The predicted molar refractivity (Wildman–Crippen MR) is 100 cm³/mol. The van der Waals surface area contributed by atoms with Crippen molar-refractivity contribution >= 4 is 21.4 Å². The third-order valence-electron chi connectivity index (χ3n) is 3.90. The molecule has 0 saturated carbocycles. The van der Waals surface area contributed by atoms with Gasteiger partial charge in [0, 0.05) is 43.0 Å². The molecule has 0 aliphatic heterocycles. The van der Waals surface area contributed by atoms with Crippen LogP contribution in [0, 0.1) is 10.1 Å². The number of nitrogens with zero attached hydrogens (tertiary/aromatic N) is 3. The lowest BCUT2D eigenvalue weighted by Gasteiger charge is -2.11. The van der Waals surface area contributed by atoms with Crippen molar-refractivity contribution in [3.05, 3.63) is 70.4 Å². The van der Waals surface area contributed by atoms with Crippen LogP contribution in [0.15, 0.2) is 59.6 Å². The molecule has 0 bridgehead atoms. The van der Waals surface area contributed by atoms with E-state index in [2.05, 4.69) is 10.4 Å². The van der Waals surface area contributed by atoms with E-state index in [9.17, 15) is 18.5 Å². The van der Waals surface area contributed by atoms with E-state index < -0.39 is 14.9 Å². The molecule has 3 rings (SSSR count). The van der Waals surface area contributed by atoms with Gasteiger partial charge < -0.3 is 5.32 Å². The fourth-order valence-corrected chi connectivity index (χ4v) is 3.43. The Bertz CT molecular complexity index is 1090. The number of nitro groups is 1. The minimum atomic E-state index is -4.14. The van der Waals surface area contributed by atoms with E-state index in [-0.39, 0.29) is 22.8 Å². The zero-order valence-electron chi connectivity index (χ0n) is 14.4. The maximum absolute atomic E-state index is 11.8. The highest BCUT2D eigenvalue weighted by Crippen LogP contribution is 2.27. The second-order valence-corrected chi connectivity index (χ2v) is 7.41. The van der Waals surface area contributed by atoms with Crippen molar-refractivity contribution in [3.63, 3.8) is 0 Å². The van der Waals surface area contributed by atoms with Crippen molar-refractivity contribution in [2.24, 2.45) is 12.2 Å². The van der Waals surface area contributed by atoms with Crippen molar-refractivity contribution in [3.8, 4) is 11.3 Å². The van der Waals surface area contributed by atoms with Gasteiger partial charge in [0.05, 0.1) is 16.3 Å². The predicted octanol–water partition coefficient (Wildman–Crippen LogP) is 2.25. The Morgan fingerprint density at radius 1 is 1.22 bits per heavy atom. The molecule has 9 nitrogen and oxygen atoms in total. The van der Waals surface area contributed by atoms with Crippen molar-refractivity contribution in [2.75, 3.05) is 5.32 Å². The number of nitrogens with two attached hydrogens (primary N) is 1. The standard InChI is InChI=1S/C17H17N5O4S/c1-21-11-13(17(20-21)12-5-3-2-4-6-12)10-19-15-8-7-14(22(23)24)9-16(15)27(18,25)26/h2-9,11,19H,10H2,1H3,(H2,18,25,26). The first-order chi connectivity index (χ1) is 12.8. The molecule has 0 saturated heterocycles. The fraction of sp³-hybridized carbons (Fsp3) is 0.118. The van der Waals surface area contributed by atoms with E-state index in [1.54, 1.807) is 11.7 Å². The zero-order valence-corrected chi connectivity index (χ0v) is 15.2. The maximum atomic E-state index is 11.8.